The van der Waals surface area contributed by atoms with Crippen LogP contribution in [0, 0.1) is 16.7 Å². The highest BCUT2D eigenvalue weighted by Crippen LogP contribution is 2.58. The number of hydrogen-bond donors (Lipinski definition) is 0. The molecule has 1 unspecified atom stereocenters. The molecule has 2 nitrogen and oxygen atoms in total. The van der Waals surface area contributed by atoms with E-state index in [1.165, 1.54) is 12.0 Å². The molecule has 0 radical (unpaired) electrons. The van der Waals surface area contributed by atoms with Crippen molar-refractivity contribution in [2.45, 2.75) is 37.7 Å². The molecule has 2 fully saturated rings. The predicted molar refractivity (Wildman–Crippen MR) is 65.2 cm³/mol. The first-order valence-corrected chi connectivity index (χ1v) is 6.44. The monoisotopic (exact) mass is 227 g/mol. The van der Waals surface area contributed by atoms with E-state index in [1.807, 2.05) is 18.2 Å². The van der Waals surface area contributed by atoms with E-state index >= 15 is 0 Å². The Bertz CT molecular complexity index is 436. The lowest BCUT2D eigenvalue weighted by molar-refractivity contribution is 0.109. The fourth-order valence-corrected chi connectivity index (χ4v) is 3.26. The molecular weight excluding hydrogens is 210 g/mol. The molecule has 1 saturated carbocycles. The van der Waals surface area contributed by atoms with E-state index in [-0.39, 0.29) is 11.0 Å². The van der Waals surface area contributed by atoms with Gasteiger partial charge in [-0.2, -0.15) is 5.26 Å². The van der Waals surface area contributed by atoms with Gasteiger partial charge in [0.2, 0.25) is 0 Å². The molecule has 1 heterocycles. The van der Waals surface area contributed by atoms with E-state index in [0.29, 0.717) is 6.61 Å². The minimum atomic E-state index is -0.302. The molecule has 1 aromatic rings. The van der Waals surface area contributed by atoms with Crippen LogP contribution in [0.25, 0.3) is 0 Å². The van der Waals surface area contributed by atoms with Gasteiger partial charge in [0.15, 0.2) is 0 Å². The minimum Gasteiger partial charge on any atom is -0.363 e. The summed E-state index contributed by atoms with van der Waals surface area (Å²) in [4.78, 5) is 0. The summed E-state index contributed by atoms with van der Waals surface area (Å²) in [5.74, 6) is 0. The second kappa shape index (κ2) is 3.85. The van der Waals surface area contributed by atoms with Gasteiger partial charge in [-0.1, -0.05) is 49.6 Å². The molecule has 1 aliphatic heterocycles. The van der Waals surface area contributed by atoms with E-state index in [0.717, 1.165) is 25.7 Å². The average molecular weight is 227 g/mol. The van der Waals surface area contributed by atoms with Crippen molar-refractivity contribution in [2.75, 3.05) is 6.61 Å². The van der Waals surface area contributed by atoms with Crippen LogP contribution in [-0.2, 0) is 10.3 Å². The van der Waals surface area contributed by atoms with Gasteiger partial charge in [0, 0.05) is 0 Å². The van der Waals surface area contributed by atoms with Crippen molar-refractivity contribution in [3.05, 3.63) is 35.9 Å². The topological polar surface area (TPSA) is 36.3 Å². The van der Waals surface area contributed by atoms with Crippen LogP contribution in [0.15, 0.2) is 30.3 Å². The molecule has 1 atom stereocenters. The summed E-state index contributed by atoms with van der Waals surface area (Å²) in [6.07, 6.45) is 5.54. The summed E-state index contributed by atoms with van der Waals surface area (Å²) in [7, 11) is 0. The number of ether oxygens (including phenoxy) is 1. The van der Waals surface area contributed by atoms with Crippen LogP contribution in [0.5, 0.6) is 0 Å². The first-order chi connectivity index (χ1) is 8.33. The normalized spacial score (nSPS) is 30.5. The Morgan fingerprint density at radius 1 is 1.06 bits per heavy atom. The van der Waals surface area contributed by atoms with Crippen LogP contribution < -0.4 is 0 Å². The van der Waals surface area contributed by atoms with Gasteiger partial charge in [0.1, 0.15) is 5.60 Å². The standard InChI is InChI=1S/C15H17NO/c16-11-14(9-5-2-6-10-14)15(12-17-15)13-7-3-1-4-8-13/h1,3-4,7-8H,2,5-6,9-10,12H2. The molecule has 1 aromatic carbocycles. The zero-order valence-corrected chi connectivity index (χ0v) is 9.98. The Balaban J connectivity index is 2.00. The predicted octanol–water partition coefficient (Wildman–Crippen LogP) is 3.39. The van der Waals surface area contributed by atoms with E-state index in [2.05, 4.69) is 18.2 Å². The maximum absolute atomic E-state index is 9.65. The number of benzene rings is 1. The van der Waals surface area contributed by atoms with E-state index in [1.54, 1.807) is 0 Å². The van der Waals surface area contributed by atoms with Gasteiger partial charge in [0.25, 0.3) is 0 Å². The van der Waals surface area contributed by atoms with Crippen molar-refractivity contribution < 1.29 is 4.74 Å². The average Bonchev–Trinajstić information content (AvgIpc) is 3.22. The highest BCUT2D eigenvalue weighted by molar-refractivity contribution is 5.34. The lowest BCUT2D eigenvalue weighted by Gasteiger charge is -2.36. The lowest BCUT2D eigenvalue weighted by Crippen LogP contribution is -2.37. The maximum Gasteiger partial charge on any atom is 0.135 e. The molecule has 0 amide bonds. The van der Waals surface area contributed by atoms with Gasteiger partial charge < -0.3 is 4.74 Å². The first kappa shape index (κ1) is 10.8. The number of rotatable bonds is 2. The summed E-state index contributed by atoms with van der Waals surface area (Å²) in [6.45, 7) is 0.713. The summed E-state index contributed by atoms with van der Waals surface area (Å²) in [5.41, 5.74) is 0.596. The molecule has 0 spiro atoms. The first-order valence-electron chi connectivity index (χ1n) is 6.44. The summed E-state index contributed by atoms with van der Waals surface area (Å²) < 4.78 is 5.79. The van der Waals surface area contributed by atoms with Gasteiger partial charge in [-0.05, 0) is 18.4 Å². The van der Waals surface area contributed by atoms with Crippen molar-refractivity contribution in [3.63, 3.8) is 0 Å². The van der Waals surface area contributed by atoms with E-state index < -0.39 is 0 Å². The Morgan fingerprint density at radius 2 is 1.71 bits per heavy atom. The summed E-state index contributed by atoms with van der Waals surface area (Å²) in [6, 6.07) is 12.9. The smallest absolute Gasteiger partial charge is 0.135 e. The largest absolute Gasteiger partial charge is 0.363 e. The lowest BCUT2D eigenvalue weighted by atomic mass is 9.64. The Morgan fingerprint density at radius 3 is 2.24 bits per heavy atom. The second-order valence-corrected chi connectivity index (χ2v) is 5.24. The van der Waals surface area contributed by atoms with Crippen LogP contribution in [-0.4, -0.2) is 6.61 Å². The number of nitriles is 1. The van der Waals surface area contributed by atoms with Gasteiger partial charge in [0.05, 0.1) is 18.1 Å². The zero-order chi connectivity index (χ0) is 11.8. The van der Waals surface area contributed by atoms with Crippen LogP contribution in [0.1, 0.15) is 37.7 Å². The summed E-state index contributed by atoms with van der Waals surface area (Å²) >= 11 is 0. The van der Waals surface area contributed by atoms with Gasteiger partial charge >= 0.3 is 0 Å². The van der Waals surface area contributed by atoms with Gasteiger partial charge in [-0.3, -0.25) is 0 Å². The molecule has 1 saturated heterocycles. The van der Waals surface area contributed by atoms with Crippen molar-refractivity contribution in [3.8, 4) is 6.07 Å². The fraction of sp³-hybridized carbons (Fsp3) is 0.533. The fourth-order valence-electron chi connectivity index (χ4n) is 3.26. The Labute approximate surface area is 102 Å². The Hall–Kier alpha value is -1.33. The molecule has 0 aromatic heterocycles. The third-order valence-electron chi connectivity index (χ3n) is 4.37. The molecular formula is C15H17NO. The molecule has 17 heavy (non-hydrogen) atoms. The second-order valence-electron chi connectivity index (χ2n) is 5.24. The third-order valence-corrected chi connectivity index (χ3v) is 4.37. The molecule has 2 heteroatoms. The van der Waals surface area contributed by atoms with Crippen molar-refractivity contribution >= 4 is 0 Å². The highest BCUT2D eigenvalue weighted by atomic mass is 16.6. The molecule has 0 bridgehead atoms. The zero-order valence-electron chi connectivity index (χ0n) is 9.98. The number of nitrogens with zero attached hydrogens (tertiary/aromatic N) is 1. The van der Waals surface area contributed by atoms with E-state index in [4.69, 9.17) is 4.74 Å². The quantitative estimate of drug-likeness (QED) is 0.726. The molecule has 0 N–H and O–H groups in total. The minimum absolute atomic E-state index is 0.285. The van der Waals surface area contributed by atoms with Gasteiger partial charge in [-0.15, -0.1) is 0 Å². The highest BCUT2D eigenvalue weighted by Gasteiger charge is 2.62. The molecule has 3 rings (SSSR count). The SMILES string of the molecule is N#CC1(C2(c3ccccc3)CO2)CCCCC1. The summed E-state index contributed by atoms with van der Waals surface area (Å²) in [5, 5.41) is 9.65. The van der Waals surface area contributed by atoms with Crippen LogP contribution in [0.2, 0.25) is 0 Å². The number of hydrogen-bond acceptors (Lipinski definition) is 2. The van der Waals surface area contributed by atoms with E-state index in [9.17, 15) is 5.26 Å². The van der Waals surface area contributed by atoms with Gasteiger partial charge in [-0.25, -0.2) is 0 Å². The van der Waals surface area contributed by atoms with Crippen LogP contribution in [0.4, 0.5) is 0 Å². The van der Waals surface area contributed by atoms with Crippen molar-refractivity contribution in [2.24, 2.45) is 5.41 Å². The van der Waals surface area contributed by atoms with Crippen LogP contribution >= 0.6 is 0 Å². The molecule has 88 valence electrons. The number of epoxide rings is 1. The van der Waals surface area contributed by atoms with Crippen molar-refractivity contribution in [1.29, 1.82) is 5.26 Å². The Kier molecular flexibility index (Phi) is 2.45. The third kappa shape index (κ3) is 1.50. The maximum atomic E-state index is 9.65. The molecule has 2 aliphatic rings. The van der Waals surface area contributed by atoms with Crippen LogP contribution in [0.3, 0.4) is 0 Å². The molecule has 1 aliphatic carbocycles. The van der Waals surface area contributed by atoms with Crippen molar-refractivity contribution in [1.82, 2.24) is 0 Å².